The molecule has 0 atom stereocenters. The Morgan fingerprint density at radius 3 is 2.18 bits per heavy atom. The number of amides is 1. The van der Waals surface area contributed by atoms with E-state index in [1.165, 1.54) is 0 Å². The Hall–Kier alpha value is -0.610. The lowest BCUT2D eigenvalue weighted by Gasteiger charge is -2.32. The van der Waals surface area contributed by atoms with E-state index in [0.29, 0.717) is 0 Å². The maximum atomic E-state index is 10.9. The van der Waals surface area contributed by atoms with Crippen molar-refractivity contribution in [3.63, 3.8) is 0 Å². The van der Waals surface area contributed by atoms with Crippen LogP contribution in [0.5, 0.6) is 0 Å². The summed E-state index contributed by atoms with van der Waals surface area (Å²) in [7, 11) is 1.66. The summed E-state index contributed by atoms with van der Waals surface area (Å²) in [5.74, 6) is 0.153. The number of nitrogens with zero attached hydrogens (tertiary/aromatic N) is 2. The summed E-state index contributed by atoms with van der Waals surface area (Å²) < 4.78 is 0. The number of hydrogen-bond donors (Lipinski definition) is 0. The van der Waals surface area contributed by atoms with Crippen LogP contribution in [0.25, 0.3) is 0 Å². The van der Waals surface area contributed by atoms with Gasteiger partial charge in [0.25, 0.3) is 0 Å². The molecule has 1 heterocycles. The van der Waals surface area contributed by atoms with E-state index in [-0.39, 0.29) is 5.91 Å². The van der Waals surface area contributed by atoms with Crippen molar-refractivity contribution < 1.29 is 9.63 Å². The van der Waals surface area contributed by atoms with Crippen molar-refractivity contribution in [1.82, 2.24) is 9.96 Å². The molecule has 11 heavy (non-hydrogen) atoms. The Kier molecular flexibility index (Phi) is 2.84. The van der Waals surface area contributed by atoms with Crippen molar-refractivity contribution >= 4 is 5.91 Å². The zero-order chi connectivity index (χ0) is 8.27. The average molecular weight is 158 g/mol. The Morgan fingerprint density at radius 1 is 1.27 bits per heavy atom. The summed E-state index contributed by atoms with van der Waals surface area (Å²) in [6.45, 7) is 4.79. The Morgan fingerprint density at radius 2 is 1.82 bits per heavy atom. The van der Waals surface area contributed by atoms with Crippen molar-refractivity contribution in [2.45, 2.75) is 6.92 Å². The van der Waals surface area contributed by atoms with Crippen molar-refractivity contribution in [2.24, 2.45) is 0 Å². The van der Waals surface area contributed by atoms with Crippen LogP contribution in [0.15, 0.2) is 0 Å². The van der Waals surface area contributed by atoms with E-state index in [1.54, 1.807) is 14.0 Å². The first-order valence-electron chi connectivity index (χ1n) is 3.78. The fraction of sp³-hybridized carbons (Fsp3) is 0.857. The Balaban J connectivity index is 2.30. The lowest BCUT2D eigenvalue weighted by molar-refractivity contribution is -0.160. The second-order valence-corrected chi connectivity index (χ2v) is 2.62. The third kappa shape index (κ3) is 2.17. The average Bonchev–Trinajstić information content (AvgIpc) is 2.05. The van der Waals surface area contributed by atoms with Crippen LogP contribution in [-0.2, 0) is 9.63 Å². The van der Waals surface area contributed by atoms with Crippen LogP contribution in [-0.4, -0.2) is 49.2 Å². The molecule has 64 valence electrons. The molecule has 0 spiro atoms. The molecule has 1 fully saturated rings. The summed E-state index contributed by atoms with van der Waals surface area (Å²) in [5, 5.41) is 1.86. The first-order valence-corrected chi connectivity index (χ1v) is 3.78. The molecule has 1 aliphatic heterocycles. The molecule has 1 saturated heterocycles. The van der Waals surface area contributed by atoms with Gasteiger partial charge >= 0.3 is 0 Å². The maximum absolute atomic E-state index is 10.9. The Labute approximate surface area is 66.7 Å². The third-order valence-electron chi connectivity index (χ3n) is 1.94. The summed E-state index contributed by atoms with van der Waals surface area (Å²) >= 11 is 0. The van der Waals surface area contributed by atoms with Crippen LogP contribution < -0.4 is 0 Å². The number of carbonyl (C=O) groups is 1. The van der Waals surface area contributed by atoms with Crippen molar-refractivity contribution in [2.75, 3.05) is 33.3 Å². The molecule has 0 N–H and O–H groups in total. The predicted octanol–water partition coefficient (Wildman–Crippen LogP) is -0.288. The highest BCUT2D eigenvalue weighted by molar-refractivity contribution is 5.73. The van der Waals surface area contributed by atoms with Crippen LogP contribution in [0, 0.1) is 0 Å². The van der Waals surface area contributed by atoms with Gasteiger partial charge in [-0.2, -0.15) is 5.06 Å². The quantitative estimate of drug-likeness (QED) is 0.526. The van der Waals surface area contributed by atoms with Gasteiger partial charge in [-0.15, -0.1) is 0 Å². The molecule has 0 bridgehead atoms. The fourth-order valence-corrected chi connectivity index (χ4v) is 1.19. The molecule has 4 heteroatoms. The lowest BCUT2D eigenvalue weighted by atomic mass is 10.3. The van der Waals surface area contributed by atoms with Crippen LogP contribution >= 0.6 is 0 Å². The molecular formula is C7H14N2O2. The number of hydrogen-bond acceptors (Lipinski definition) is 3. The van der Waals surface area contributed by atoms with Crippen LogP contribution in [0.2, 0.25) is 0 Å². The van der Waals surface area contributed by atoms with Crippen molar-refractivity contribution in [3.05, 3.63) is 0 Å². The molecular weight excluding hydrogens is 144 g/mol. The van der Waals surface area contributed by atoms with Gasteiger partial charge in [-0.25, -0.2) is 0 Å². The maximum Gasteiger partial charge on any atom is 0.219 e. The summed E-state index contributed by atoms with van der Waals surface area (Å²) in [4.78, 5) is 17.7. The smallest absolute Gasteiger partial charge is 0.219 e. The minimum Gasteiger partial charge on any atom is -0.340 e. The second kappa shape index (κ2) is 3.69. The number of hydroxylamine groups is 2. The minimum absolute atomic E-state index is 0.153. The lowest BCUT2D eigenvalue weighted by Crippen LogP contribution is -2.47. The van der Waals surface area contributed by atoms with Gasteiger partial charge in [0, 0.05) is 33.1 Å². The standard InChI is InChI=1S/C7H14N2O2/c1-7(10)8-3-5-9(11-2)6-4-8/h3-6H2,1-2H3. The molecule has 1 rings (SSSR count). The van der Waals surface area contributed by atoms with E-state index < -0.39 is 0 Å². The summed E-state index contributed by atoms with van der Waals surface area (Å²) in [6, 6.07) is 0. The molecule has 4 nitrogen and oxygen atoms in total. The van der Waals surface area contributed by atoms with Crippen LogP contribution in [0.3, 0.4) is 0 Å². The molecule has 0 unspecified atom stereocenters. The zero-order valence-electron chi connectivity index (χ0n) is 7.04. The summed E-state index contributed by atoms with van der Waals surface area (Å²) in [6.07, 6.45) is 0. The number of piperazine rings is 1. The van der Waals surface area contributed by atoms with Gasteiger partial charge in [0.1, 0.15) is 0 Å². The van der Waals surface area contributed by atoms with E-state index in [1.807, 2.05) is 9.96 Å². The molecule has 0 aromatic heterocycles. The molecule has 1 amide bonds. The highest BCUT2D eigenvalue weighted by Crippen LogP contribution is 2.00. The van der Waals surface area contributed by atoms with Gasteiger partial charge in [0.2, 0.25) is 5.91 Å². The van der Waals surface area contributed by atoms with Gasteiger partial charge in [-0.1, -0.05) is 0 Å². The highest BCUT2D eigenvalue weighted by atomic mass is 16.7. The van der Waals surface area contributed by atoms with E-state index in [2.05, 4.69) is 0 Å². The van der Waals surface area contributed by atoms with Gasteiger partial charge < -0.3 is 9.74 Å². The SMILES string of the molecule is CON1CCN(C(C)=O)CC1. The second-order valence-electron chi connectivity index (χ2n) is 2.62. The van der Waals surface area contributed by atoms with Gasteiger partial charge in [-0.05, 0) is 0 Å². The summed E-state index contributed by atoms with van der Waals surface area (Å²) in [5.41, 5.74) is 0. The van der Waals surface area contributed by atoms with Crippen LogP contribution in [0.4, 0.5) is 0 Å². The van der Waals surface area contributed by atoms with E-state index in [4.69, 9.17) is 4.84 Å². The molecule has 1 aliphatic rings. The topological polar surface area (TPSA) is 32.8 Å². The largest absolute Gasteiger partial charge is 0.340 e. The molecule has 0 aromatic rings. The highest BCUT2D eigenvalue weighted by Gasteiger charge is 2.17. The number of rotatable bonds is 1. The fourth-order valence-electron chi connectivity index (χ4n) is 1.19. The minimum atomic E-state index is 0.153. The van der Waals surface area contributed by atoms with Crippen molar-refractivity contribution in [1.29, 1.82) is 0 Å². The van der Waals surface area contributed by atoms with Gasteiger partial charge in [0.15, 0.2) is 0 Å². The van der Waals surface area contributed by atoms with E-state index >= 15 is 0 Å². The normalized spacial score (nSPS) is 20.4. The molecule has 0 aromatic carbocycles. The first-order chi connectivity index (χ1) is 5.24. The van der Waals surface area contributed by atoms with Gasteiger partial charge in [0.05, 0.1) is 7.11 Å². The molecule has 0 radical (unpaired) electrons. The Bertz CT molecular complexity index is 141. The predicted molar refractivity (Wildman–Crippen MR) is 40.8 cm³/mol. The molecule has 0 aliphatic carbocycles. The van der Waals surface area contributed by atoms with E-state index in [9.17, 15) is 4.79 Å². The number of carbonyl (C=O) groups excluding carboxylic acids is 1. The van der Waals surface area contributed by atoms with Crippen molar-refractivity contribution in [3.8, 4) is 0 Å². The van der Waals surface area contributed by atoms with Crippen LogP contribution in [0.1, 0.15) is 6.92 Å². The molecule has 0 saturated carbocycles. The monoisotopic (exact) mass is 158 g/mol. The third-order valence-corrected chi connectivity index (χ3v) is 1.94. The zero-order valence-corrected chi connectivity index (χ0v) is 7.04. The van der Waals surface area contributed by atoms with Gasteiger partial charge in [-0.3, -0.25) is 4.79 Å². The first kappa shape index (κ1) is 8.49. The van der Waals surface area contributed by atoms with E-state index in [0.717, 1.165) is 26.2 Å².